The van der Waals surface area contributed by atoms with Gasteiger partial charge >= 0.3 is 6.18 Å². The molecule has 1 atom stereocenters. The van der Waals surface area contributed by atoms with Crippen molar-refractivity contribution >= 4 is 32.5 Å². The fourth-order valence-corrected chi connectivity index (χ4v) is 6.68. The topological polar surface area (TPSA) is 73.8 Å². The number of piperidine rings is 1. The van der Waals surface area contributed by atoms with Crippen molar-refractivity contribution in [3.8, 4) is 0 Å². The van der Waals surface area contributed by atoms with Crippen LogP contribution < -0.4 is 4.90 Å². The second kappa shape index (κ2) is 10.1. The number of benzene rings is 2. The van der Waals surface area contributed by atoms with E-state index in [4.69, 9.17) is 0 Å². The Labute approximate surface area is 217 Å². The number of halogens is 4. The summed E-state index contributed by atoms with van der Waals surface area (Å²) >= 11 is 0. The number of aromatic nitrogens is 1. The number of pyridine rings is 1. The maximum Gasteiger partial charge on any atom is 0.433 e. The Morgan fingerprint density at radius 1 is 0.947 bits per heavy atom. The van der Waals surface area contributed by atoms with Crippen LogP contribution in [-0.4, -0.2) is 67.8 Å². The molecular formula is C26H26F4N4O3S. The molecule has 38 heavy (non-hydrogen) atoms. The minimum atomic E-state index is -4.59. The summed E-state index contributed by atoms with van der Waals surface area (Å²) in [6, 6.07) is 12.5. The number of piperazine rings is 1. The van der Waals surface area contributed by atoms with Gasteiger partial charge in [0.05, 0.1) is 16.3 Å². The number of carbonyl (C=O) groups excluding carboxylic acids is 1. The Morgan fingerprint density at radius 3 is 2.39 bits per heavy atom. The minimum Gasteiger partial charge on any atom is -0.367 e. The molecule has 0 aliphatic carbocycles. The molecule has 0 saturated carbocycles. The van der Waals surface area contributed by atoms with Crippen LogP contribution in [0.4, 0.5) is 23.2 Å². The molecular weight excluding hydrogens is 524 g/mol. The van der Waals surface area contributed by atoms with E-state index in [9.17, 15) is 30.8 Å². The smallest absolute Gasteiger partial charge is 0.367 e. The average molecular weight is 551 g/mol. The number of alkyl halides is 3. The van der Waals surface area contributed by atoms with E-state index < -0.39 is 33.6 Å². The molecule has 3 heterocycles. The maximum absolute atomic E-state index is 13.6. The van der Waals surface area contributed by atoms with Crippen molar-refractivity contribution in [1.82, 2.24) is 14.2 Å². The molecule has 5 rings (SSSR count). The summed E-state index contributed by atoms with van der Waals surface area (Å²) in [5, 5.41) is 0.603. The van der Waals surface area contributed by atoms with Crippen molar-refractivity contribution in [3.05, 3.63) is 66.1 Å². The van der Waals surface area contributed by atoms with Crippen LogP contribution in [-0.2, 0) is 21.0 Å². The second-order valence-corrected chi connectivity index (χ2v) is 11.5. The van der Waals surface area contributed by atoms with Gasteiger partial charge in [0.2, 0.25) is 15.9 Å². The highest BCUT2D eigenvalue weighted by molar-refractivity contribution is 7.89. The first-order chi connectivity index (χ1) is 18.0. The quantitative estimate of drug-likeness (QED) is 0.457. The van der Waals surface area contributed by atoms with Crippen molar-refractivity contribution < 1.29 is 30.8 Å². The van der Waals surface area contributed by atoms with Gasteiger partial charge in [0.25, 0.3) is 0 Å². The lowest BCUT2D eigenvalue weighted by atomic mass is 9.97. The summed E-state index contributed by atoms with van der Waals surface area (Å²) in [5.74, 6) is -1.38. The van der Waals surface area contributed by atoms with Gasteiger partial charge < -0.3 is 9.80 Å². The number of para-hydroxylation sites is 1. The highest BCUT2D eigenvalue weighted by atomic mass is 32.2. The molecule has 0 bridgehead atoms. The first-order valence-electron chi connectivity index (χ1n) is 12.3. The van der Waals surface area contributed by atoms with Crippen LogP contribution in [0.1, 0.15) is 18.5 Å². The van der Waals surface area contributed by atoms with E-state index >= 15 is 0 Å². The highest BCUT2D eigenvalue weighted by Crippen LogP contribution is 2.35. The van der Waals surface area contributed by atoms with E-state index in [2.05, 4.69) is 4.98 Å². The van der Waals surface area contributed by atoms with Gasteiger partial charge in [-0.05, 0) is 43.2 Å². The van der Waals surface area contributed by atoms with Crippen molar-refractivity contribution in [3.63, 3.8) is 0 Å². The lowest BCUT2D eigenvalue weighted by molar-refractivity contribution is -0.141. The van der Waals surface area contributed by atoms with Gasteiger partial charge in [-0.15, -0.1) is 0 Å². The van der Waals surface area contributed by atoms with Crippen LogP contribution in [0.2, 0.25) is 0 Å². The number of hydrogen-bond acceptors (Lipinski definition) is 5. The second-order valence-electron chi connectivity index (χ2n) is 9.51. The Kier molecular flexibility index (Phi) is 7.03. The monoisotopic (exact) mass is 550 g/mol. The van der Waals surface area contributed by atoms with E-state index in [0.717, 1.165) is 12.1 Å². The zero-order chi connectivity index (χ0) is 27.1. The molecule has 7 nitrogen and oxygen atoms in total. The zero-order valence-electron chi connectivity index (χ0n) is 20.4. The van der Waals surface area contributed by atoms with E-state index in [-0.39, 0.29) is 29.4 Å². The van der Waals surface area contributed by atoms with Crippen LogP contribution in [0.15, 0.2) is 59.5 Å². The van der Waals surface area contributed by atoms with E-state index in [1.807, 2.05) is 4.90 Å². The van der Waals surface area contributed by atoms with E-state index in [1.165, 1.54) is 22.5 Å². The molecule has 0 spiro atoms. The molecule has 2 aliphatic heterocycles. The maximum atomic E-state index is 13.6. The number of anilines is 1. The number of nitrogens with zero attached hydrogens (tertiary/aromatic N) is 4. The van der Waals surface area contributed by atoms with Gasteiger partial charge in [-0.2, -0.15) is 17.5 Å². The highest BCUT2D eigenvalue weighted by Gasteiger charge is 2.37. The van der Waals surface area contributed by atoms with Gasteiger partial charge in [-0.25, -0.2) is 17.8 Å². The number of rotatable bonds is 4. The Balaban J connectivity index is 1.29. The number of carbonyl (C=O) groups is 1. The van der Waals surface area contributed by atoms with Crippen LogP contribution in [0.5, 0.6) is 0 Å². The van der Waals surface area contributed by atoms with Gasteiger partial charge in [0.1, 0.15) is 11.5 Å². The number of sulfonamides is 1. The summed E-state index contributed by atoms with van der Waals surface area (Å²) in [6.07, 6.45) is -3.57. The predicted molar refractivity (Wildman–Crippen MR) is 133 cm³/mol. The molecule has 0 N–H and O–H groups in total. The fraction of sp³-hybridized carbons (Fsp3) is 0.385. The van der Waals surface area contributed by atoms with Crippen LogP contribution >= 0.6 is 0 Å². The molecule has 202 valence electrons. The van der Waals surface area contributed by atoms with Crippen molar-refractivity contribution in [2.75, 3.05) is 44.2 Å². The molecule has 2 aliphatic rings. The van der Waals surface area contributed by atoms with E-state index in [0.29, 0.717) is 50.1 Å². The third-order valence-electron chi connectivity index (χ3n) is 7.08. The lowest BCUT2D eigenvalue weighted by Gasteiger charge is -2.39. The van der Waals surface area contributed by atoms with Crippen molar-refractivity contribution in [1.29, 1.82) is 0 Å². The van der Waals surface area contributed by atoms with Crippen LogP contribution in [0.25, 0.3) is 10.9 Å². The first-order valence-corrected chi connectivity index (χ1v) is 13.7. The minimum absolute atomic E-state index is 0.00181. The van der Waals surface area contributed by atoms with Gasteiger partial charge in [-0.1, -0.05) is 24.3 Å². The van der Waals surface area contributed by atoms with Crippen LogP contribution in [0.3, 0.4) is 0 Å². The lowest BCUT2D eigenvalue weighted by Crippen LogP contribution is -2.53. The summed E-state index contributed by atoms with van der Waals surface area (Å²) in [7, 11) is -3.95. The molecule has 2 aromatic carbocycles. The molecule has 2 saturated heterocycles. The number of amides is 1. The molecule has 12 heteroatoms. The van der Waals surface area contributed by atoms with Crippen molar-refractivity contribution in [2.24, 2.45) is 5.92 Å². The van der Waals surface area contributed by atoms with Gasteiger partial charge in [-0.3, -0.25) is 4.79 Å². The standard InChI is InChI=1S/C26H26F4N4O3S/c27-19-6-3-7-20(15-19)38(36,37)34-10-4-5-18(17-34)25(35)33-13-11-32(12-14-33)23-16-24(26(28,29)30)31-22-9-2-1-8-21(22)23/h1-3,6-9,15-16,18H,4-5,10-14,17H2. The Bertz CT molecular complexity index is 1460. The number of hydrogen-bond donors (Lipinski definition) is 0. The summed E-state index contributed by atoms with van der Waals surface area (Å²) < 4.78 is 81.4. The first kappa shape index (κ1) is 26.4. The third-order valence-corrected chi connectivity index (χ3v) is 8.95. The number of fused-ring (bicyclic) bond motifs is 1. The summed E-state index contributed by atoms with van der Waals surface area (Å²) in [4.78, 5) is 20.4. The predicted octanol–water partition coefficient (Wildman–Crippen LogP) is 4.14. The van der Waals surface area contributed by atoms with E-state index in [1.54, 1.807) is 29.2 Å². The normalized spacial score (nSPS) is 19.6. The molecule has 1 aromatic heterocycles. The summed E-state index contributed by atoms with van der Waals surface area (Å²) in [5.41, 5.74) is -0.302. The molecule has 2 fully saturated rings. The Morgan fingerprint density at radius 2 is 1.68 bits per heavy atom. The fourth-order valence-electron chi connectivity index (χ4n) is 5.13. The van der Waals surface area contributed by atoms with Gasteiger partial charge in [0, 0.05) is 50.3 Å². The third kappa shape index (κ3) is 5.19. The molecule has 3 aromatic rings. The zero-order valence-corrected chi connectivity index (χ0v) is 21.2. The molecule has 1 unspecified atom stereocenters. The van der Waals surface area contributed by atoms with Crippen molar-refractivity contribution in [2.45, 2.75) is 23.9 Å². The largest absolute Gasteiger partial charge is 0.433 e. The summed E-state index contributed by atoms with van der Waals surface area (Å²) in [6.45, 7) is 1.49. The van der Waals surface area contributed by atoms with Crippen LogP contribution in [0, 0.1) is 11.7 Å². The molecule has 0 radical (unpaired) electrons. The Hall–Kier alpha value is -3.25. The van der Waals surface area contributed by atoms with Gasteiger partial charge in [0.15, 0.2) is 0 Å². The molecule has 1 amide bonds. The average Bonchev–Trinajstić information content (AvgIpc) is 2.91. The SMILES string of the molecule is O=C(C1CCCN(S(=O)(=O)c2cccc(F)c2)C1)N1CCN(c2cc(C(F)(F)F)nc3ccccc23)CC1.